The summed E-state index contributed by atoms with van der Waals surface area (Å²) in [5.41, 5.74) is 3.25. The summed E-state index contributed by atoms with van der Waals surface area (Å²) < 4.78 is 0. The smallest absolute Gasteiger partial charge is 0.101 e. The van der Waals surface area contributed by atoms with Gasteiger partial charge in [-0.15, -0.1) is 12.6 Å². The van der Waals surface area contributed by atoms with E-state index in [4.69, 9.17) is 0 Å². The molecule has 2 aromatic rings. The Bertz CT molecular complexity index is 570. The van der Waals surface area contributed by atoms with Gasteiger partial charge in [-0.2, -0.15) is 0 Å². The summed E-state index contributed by atoms with van der Waals surface area (Å²) in [7, 11) is 0. The summed E-state index contributed by atoms with van der Waals surface area (Å²) in [6, 6.07) is 8.09. The first-order valence-electron chi connectivity index (χ1n) is 5.11. The number of hydrogen-bond acceptors (Lipinski definition) is 2. The van der Waals surface area contributed by atoms with E-state index in [1.807, 2.05) is 30.4 Å². The van der Waals surface area contributed by atoms with Crippen molar-refractivity contribution in [3.8, 4) is 0 Å². The highest BCUT2D eigenvalue weighted by Crippen LogP contribution is 2.25. The minimum atomic E-state index is 0.759. The molecule has 16 heavy (non-hydrogen) atoms. The summed E-state index contributed by atoms with van der Waals surface area (Å²) in [4.78, 5) is 4.47. The van der Waals surface area contributed by atoms with Gasteiger partial charge >= 0.3 is 0 Å². The van der Waals surface area contributed by atoms with Gasteiger partial charge in [0.25, 0.3) is 0 Å². The molecule has 1 heterocycles. The van der Waals surface area contributed by atoms with Crippen LogP contribution < -0.4 is 0 Å². The maximum Gasteiger partial charge on any atom is 0.101 e. The van der Waals surface area contributed by atoms with Crippen molar-refractivity contribution < 1.29 is 0 Å². The van der Waals surface area contributed by atoms with Gasteiger partial charge in [0, 0.05) is 10.9 Å². The predicted molar refractivity (Wildman–Crippen MR) is 73.0 cm³/mol. The van der Waals surface area contributed by atoms with Crippen LogP contribution in [-0.2, 0) is 0 Å². The zero-order chi connectivity index (χ0) is 11.5. The van der Waals surface area contributed by atoms with Gasteiger partial charge in [0.2, 0.25) is 0 Å². The second-order valence-corrected chi connectivity index (χ2v) is 4.01. The van der Waals surface area contributed by atoms with Crippen LogP contribution in [0.1, 0.15) is 11.1 Å². The molecule has 0 atom stereocenters. The van der Waals surface area contributed by atoms with E-state index in [9.17, 15) is 0 Å². The maximum absolute atomic E-state index is 4.47. The number of pyridine rings is 1. The Labute approximate surface area is 101 Å². The lowest BCUT2D eigenvalue weighted by Crippen LogP contribution is -1.90. The highest BCUT2D eigenvalue weighted by atomic mass is 32.1. The van der Waals surface area contributed by atoms with Gasteiger partial charge in [0.15, 0.2) is 0 Å². The number of thiol groups is 1. The molecule has 2 rings (SSSR count). The van der Waals surface area contributed by atoms with Gasteiger partial charge in [-0.05, 0) is 18.6 Å². The Morgan fingerprint density at radius 2 is 2.06 bits per heavy atom. The molecule has 0 aliphatic rings. The standard InChI is InChI=1S/C14H13NS/c1-3-4-7-12-10(2)11-8-5-6-9-13(11)15-14(12)16/h3-9H,1H2,2H3,(H,15,16)/b7-4-. The molecule has 0 amide bonds. The van der Waals surface area contributed by atoms with E-state index < -0.39 is 0 Å². The van der Waals surface area contributed by atoms with Crippen LogP contribution in [0.4, 0.5) is 0 Å². The van der Waals surface area contributed by atoms with Crippen LogP contribution in [0.15, 0.2) is 48.0 Å². The third-order valence-electron chi connectivity index (χ3n) is 2.58. The first-order valence-corrected chi connectivity index (χ1v) is 5.56. The van der Waals surface area contributed by atoms with Gasteiger partial charge < -0.3 is 0 Å². The molecule has 0 saturated heterocycles. The molecule has 1 aromatic heterocycles. The molecule has 2 heteroatoms. The monoisotopic (exact) mass is 227 g/mol. The fraction of sp³-hybridized carbons (Fsp3) is 0.0714. The van der Waals surface area contributed by atoms with E-state index in [1.54, 1.807) is 6.08 Å². The van der Waals surface area contributed by atoms with Gasteiger partial charge in [-0.3, -0.25) is 0 Å². The Hall–Kier alpha value is -1.54. The van der Waals surface area contributed by atoms with Crippen LogP contribution in [0.25, 0.3) is 17.0 Å². The molecule has 0 spiro atoms. The number of allylic oxidation sites excluding steroid dienone is 2. The van der Waals surface area contributed by atoms with Crippen LogP contribution in [0.2, 0.25) is 0 Å². The van der Waals surface area contributed by atoms with Crippen LogP contribution in [0, 0.1) is 6.92 Å². The van der Waals surface area contributed by atoms with Crippen molar-refractivity contribution in [1.82, 2.24) is 4.98 Å². The molecular formula is C14H13NS. The van der Waals surface area contributed by atoms with Crippen molar-refractivity contribution in [2.45, 2.75) is 11.9 Å². The second-order valence-electron chi connectivity index (χ2n) is 3.59. The number of rotatable bonds is 2. The molecule has 0 aliphatic carbocycles. The lowest BCUT2D eigenvalue weighted by Gasteiger charge is -2.08. The molecule has 0 unspecified atom stereocenters. The van der Waals surface area contributed by atoms with E-state index in [1.165, 1.54) is 10.9 Å². The summed E-state index contributed by atoms with van der Waals surface area (Å²) in [5.74, 6) is 0. The summed E-state index contributed by atoms with van der Waals surface area (Å²) in [6.45, 7) is 5.76. The fourth-order valence-electron chi connectivity index (χ4n) is 1.74. The van der Waals surface area contributed by atoms with Gasteiger partial charge in [-0.1, -0.05) is 43.0 Å². The van der Waals surface area contributed by atoms with Crippen molar-refractivity contribution in [1.29, 1.82) is 0 Å². The molecule has 1 nitrogen and oxygen atoms in total. The first-order chi connectivity index (χ1) is 7.74. The van der Waals surface area contributed by atoms with E-state index in [-0.39, 0.29) is 0 Å². The zero-order valence-corrected chi connectivity index (χ0v) is 10.0. The molecule has 0 N–H and O–H groups in total. The normalized spacial score (nSPS) is 11.1. The first kappa shape index (κ1) is 11.0. The van der Waals surface area contributed by atoms with E-state index >= 15 is 0 Å². The van der Waals surface area contributed by atoms with Gasteiger partial charge in [-0.25, -0.2) is 4.98 Å². The lowest BCUT2D eigenvalue weighted by molar-refractivity contribution is 1.16. The molecular weight excluding hydrogens is 214 g/mol. The van der Waals surface area contributed by atoms with Crippen molar-refractivity contribution >= 4 is 29.6 Å². The Balaban J connectivity index is 2.75. The zero-order valence-electron chi connectivity index (χ0n) is 9.14. The average molecular weight is 227 g/mol. The number of aromatic nitrogens is 1. The van der Waals surface area contributed by atoms with Crippen LogP contribution >= 0.6 is 12.6 Å². The molecule has 0 saturated carbocycles. The quantitative estimate of drug-likeness (QED) is 0.603. The number of benzene rings is 1. The number of nitrogens with zero attached hydrogens (tertiary/aromatic N) is 1. The predicted octanol–water partition coefficient (Wildman–Crippen LogP) is 4.03. The second kappa shape index (κ2) is 4.54. The number of hydrogen-bond donors (Lipinski definition) is 1. The molecule has 0 bridgehead atoms. The third-order valence-corrected chi connectivity index (χ3v) is 2.92. The number of para-hydroxylation sites is 1. The largest absolute Gasteiger partial charge is 0.241 e. The maximum atomic E-state index is 4.47. The minimum absolute atomic E-state index is 0.759. The van der Waals surface area contributed by atoms with Crippen molar-refractivity contribution in [3.05, 3.63) is 54.1 Å². The summed E-state index contributed by atoms with van der Waals surface area (Å²) >= 11 is 4.42. The van der Waals surface area contributed by atoms with E-state index in [0.29, 0.717) is 0 Å². The van der Waals surface area contributed by atoms with E-state index in [2.05, 4.69) is 37.2 Å². The lowest BCUT2D eigenvalue weighted by atomic mass is 10.0. The summed E-state index contributed by atoms with van der Waals surface area (Å²) in [6.07, 6.45) is 5.64. The van der Waals surface area contributed by atoms with Gasteiger partial charge in [0.05, 0.1) is 5.52 Å². The fourth-order valence-corrected chi connectivity index (χ4v) is 2.09. The highest BCUT2D eigenvalue weighted by molar-refractivity contribution is 7.80. The minimum Gasteiger partial charge on any atom is -0.241 e. The molecule has 80 valence electrons. The van der Waals surface area contributed by atoms with Crippen molar-refractivity contribution in [2.75, 3.05) is 0 Å². The van der Waals surface area contributed by atoms with Gasteiger partial charge in [0.1, 0.15) is 5.03 Å². The SMILES string of the molecule is C=C/C=C\c1c(S)nc2ccccc2c1C. The number of fused-ring (bicyclic) bond motifs is 1. The summed E-state index contributed by atoms with van der Waals surface area (Å²) in [5, 5.41) is 1.93. The molecule has 0 radical (unpaired) electrons. The number of aryl methyl sites for hydroxylation is 1. The highest BCUT2D eigenvalue weighted by Gasteiger charge is 2.06. The topological polar surface area (TPSA) is 12.9 Å². The van der Waals surface area contributed by atoms with Crippen molar-refractivity contribution in [3.63, 3.8) is 0 Å². The Morgan fingerprint density at radius 1 is 1.31 bits per heavy atom. The molecule has 0 fully saturated rings. The Morgan fingerprint density at radius 3 is 2.81 bits per heavy atom. The molecule has 1 aromatic carbocycles. The average Bonchev–Trinajstić information content (AvgIpc) is 2.29. The van der Waals surface area contributed by atoms with Crippen LogP contribution in [-0.4, -0.2) is 4.98 Å². The van der Waals surface area contributed by atoms with E-state index in [0.717, 1.165) is 16.1 Å². The van der Waals surface area contributed by atoms with Crippen LogP contribution in [0.5, 0.6) is 0 Å². The van der Waals surface area contributed by atoms with Crippen molar-refractivity contribution in [2.24, 2.45) is 0 Å². The van der Waals surface area contributed by atoms with Crippen LogP contribution in [0.3, 0.4) is 0 Å². The molecule has 0 aliphatic heterocycles. The third kappa shape index (κ3) is 1.89. The Kier molecular flexibility index (Phi) is 3.11.